The van der Waals surface area contributed by atoms with Crippen LogP contribution in [-0.2, 0) is 9.84 Å². The molecule has 0 aromatic heterocycles. The Morgan fingerprint density at radius 2 is 1.90 bits per heavy atom. The van der Waals surface area contributed by atoms with Crippen molar-refractivity contribution < 1.29 is 13.5 Å². The van der Waals surface area contributed by atoms with E-state index in [0.717, 1.165) is 6.26 Å². The van der Waals surface area contributed by atoms with E-state index >= 15 is 0 Å². The fourth-order valence-corrected chi connectivity index (χ4v) is 1.38. The van der Waals surface area contributed by atoms with E-state index in [1.807, 2.05) is 0 Å². The number of hydrogen-bond acceptors (Lipinski definition) is 3. The minimum Gasteiger partial charge on any atom is -0.392 e. The molecule has 3 nitrogen and oxygen atoms in total. The van der Waals surface area contributed by atoms with Gasteiger partial charge in [0.15, 0.2) is 9.84 Å². The minimum atomic E-state index is -3.06. The second-order valence-corrected chi connectivity index (χ2v) is 4.91. The number of hydrogen-bond donors (Lipinski definition) is 1. The highest BCUT2D eigenvalue weighted by molar-refractivity contribution is 7.91. The summed E-state index contributed by atoms with van der Waals surface area (Å²) < 4.78 is 21.5. The Morgan fingerprint density at radius 1 is 1.50 bits per heavy atom. The summed E-state index contributed by atoms with van der Waals surface area (Å²) in [6, 6.07) is 0. The Hall–Kier alpha value is -0.0900. The van der Waals surface area contributed by atoms with Gasteiger partial charge in [0.25, 0.3) is 0 Å². The SMILES string of the molecule is CCC(O)C(C)S(C)(=O)=O. The standard InChI is InChI=1S/C6H14O3S/c1-4-6(7)5(2)10(3,8)9/h5-7H,4H2,1-3H3. The average Bonchev–Trinajstić information content (AvgIpc) is 1.83. The maximum atomic E-state index is 10.8. The van der Waals surface area contributed by atoms with Crippen molar-refractivity contribution in [2.24, 2.45) is 0 Å². The van der Waals surface area contributed by atoms with Crippen LogP contribution in [0.15, 0.2) is 0 Å². The monoisotopic (exact) mass is 166 g/mol. The first-order valence-corrected chi connectivity index (χ1v) is 5.22. The summed E-state index contributed by atoms with van der Waals surface area (Å²) in [7, 11) is -3.06. The van der Waals surface area contributed by atoms with E-state index < -0.39 is 21.2 Å². The third-order valence-electron chi connectivity index (χ3n) is 1.64. The Kier molecular flexibility index (Phi) is 3.31. The van der Waals surface area contributed by atoms with E-state index in [-0.39, 0.29) is 0 Å². The van der Waals surface area contributed by atoms with E-state index in [2.05, 4.69) is 0 Å². The summed E-state index contributed by atoms with van der Waals surface area (Å²) in [5.41, 5.74) is 0. The maximum Gasteiger partial charge on any atom is 0.152 e. The molecule has 62 valence electrons. The summed E-state index contributed by atoms with van der Waals surface area (Å²) in [4.78, 5) is 0. The largest absolute Gasteiger partial charge is 0.392 e. The van der Waals surface area contributed by atoms with Gasteiger partial charge in [-0.05, 0) is 13.3 Å². The van der Waals surface area contributed by atoms with Crippen LogP contribution in [0.3, 0.4) is 0 Å². The average molecular weight is 166 g/mol. The van der Waals surface area contributed by atoms with Crippen LogP contribution >= 0.6 is 0 Å². The lowest BCUT2D eigenvalue weighted by Gasteiger charge is -2.14. The van der Waals surface area contributed by atoms with Crippen LogP contribution in [0, 0.1) is 0 Å². The summed E-state index contributed by atoms with van der Waals surface area (Å²) in [5, 5.41) is 8.44. The normalized spacial score (nSPS) is 18.4. The van der Waals surface area contributed by atoms with Crippen LogP contribution in [-0.4, -0.2) is 31.1 Å². The second-order valence-electron chi connectivity index (χ2n) is 2.51. The molecule has 0 saturated carbocycles. The van der Waals surface area contributed by atoms with Crippen LogP contribution < -0.4 is 0 Å². The van der Waals surface area contributed by atoms with Gasteiger partial charge in [-0.1, -0.05) is 6.92 Å². The molecule has 0 aliphatic heterocycles. The molecular formula is C6H14O3S. The summed E-state index contributed by atoms with van der Waals surface area (Å²) in [5.74, 6) is 0. The summed E-state index contributed by atoms with van der Waals surface area (Å²) in [6.07, 6.45) is 0.889. The number of aliphatic hydroxyl groups is 1. The Labute approximate surface area is 62.0 Å². The molecule has 10 heavy (non-hydrogen) atoms. The maximum absolute atomic E-state index is 10.8. The third kappa shape index (κ3) is 2.66. The summed E-state index contributed by atoms with van der Waals surface area (Å²) >= 11 is 0. The third-order valence-corrected chi connectivity index (χ3v) is 3.30. The minimum absolute atomic E-state index is 0.480. The molecule has 1 N–H and O–H groups in total. The van der Waals surface area contributed by atoms with Crippen LogP contribution in [0.25, 0.3) is 0 Å². The van der Waals surface area contributed by atoms with Crippen molar-refractivity contribution in [1.82, 2.24) is 0 Å². The van der Waals surface area contributed by atoms with Crippen molar-refractivity contribution >= 4 is 9.84 Å². The van der Waals surface area contributed by atoms with Crippen molar-refractivity contribution in [3.63, 3.8) is 0 Å². The van der Waals surface area contributed by atoms with E-state index in [4.69, 9.17) is 5.11 Å². The lowest BCUT2D eigenvalue weighted by atomic mass is 10.2. The van der Waals surface area contributed by atoms with Gasteiger partial charge in [0, 0.05) is 6.26 Å². The first-order valence-electron chi connectivity index (χ1n) is 3.26. The molecule has 2 unspecified atom stereocenters. The van der Waals surface area contributed by atoms with Crippen molar-refractivity contribution in [3.8, 4) is 0 Å². The topological polar surface area (TPSA) is 54.4 Å². The molecule has 0 rings (SSSR count). The highest BCUT2D eigenvalue weighted by Gasteiger charge is 2.21. The number of aliphatic hydroxyl groups excluding tert-OH is 1. The van der Waals surface area contributed by atoms with Gasteiger partial charge in [0.1, 0.15) is 0 Å². The molecule has 0 aliphatic rings. The Balaban J connectivity index is 4.23. The molecule has 0 spiro atoms. The number of rotatable bonds is 3. The Bertz CT molecular complexity index is 183. The molecule has 4 heteroatoms. The summed E-state index contributed by atoms with van der Waals surface area (Å²) in [6.45, 7) is 3.27. The van der Waals surface area contributed by atoms with E-state index in [0.29, 0.717) is 6.42 Å². The van der Waals surface area contributed by atoms with Crippen LogP contribution in [0.5, 0.6) is 0 Å². The van der Waals surface area contributed by atoms with Gasteiger partial charge in [-0.3, -0.25) is 0 Å². The molecule has 0 aliphatic carbocycles. The molecule has 2 atom stereocenters. The first kappa shape index (κ1) is 9.91. The van der Waals surface area contributed by atoms with Gasteiger partial charge in [-0.25, -0.2) is 8.42 Å². The highest BCUT2D eigenvalue weighted by Crippen LogP contribution is 2.06. The molecule has 0 aromatic carbocycles. The van der Waals surface area contributed by atoms with Gasteiger partial charge >= 0.3 is 0 Å². The predicted octanol–water partition coefficient (Wildman–Crippen LogP) is 0.190. The quantitative estimate of drug-likeness (QED) is 0.651. The first-order chi connectivity index (χ1) is 4.39. The second kappa shape index (κ2) is 3.34. The van der Waals surface area contributed by atoms with Gasteiger partial charge in [-0.15, -0.1) is 0 Å². The molecule has 0 fully saturated rings. The zero-order valence-corrected chi connectivity index (χ0v) is 7.35. The highest BCUT2D eigenvalue weighted by atomic mass is 32.2. The zero-order chi connectivity index (χ0) is 8.36. The lowest BCUT2D eigenvalue weighted by molar-refractivity contribution is 0.168. The molecule has 0 radical (unpaired) electrons. The fourth-order valence-electron chi connectivity index (χ4n) is 0.617. The van der Waals surface area contributed by atoms with Crippen molar-refractivity contribution in [2.45, 2.75) is 31.6 Å². The molecule has 0 saturated heterocycles. The molecule has 0 amide bonds. The molecule has 0 heterocycles. The van der Waals surface area contributed by atoms with Crippen LogP contribution in [0.2, 0.25) is 0 Å². The van der Waals surface area contributed by atoms with E-state index in [1.54, 1.807) is 6.92 Å². The van der Waals surface area contributed by atoms with Gasteiger partial charge in [-0.2, -0.15) is 0 Å². The van der Waals surface area contributed by atoms with E-state index in [1.165, 1.54) is 6.92 Å². The van der Waals surface area contributed by atoms with Crippen molar-refractivity contribution in [1.29, 1.82) is 0 Å². The van der Waals surface area contributed by atoms with Gasteiger partial charge in [0.05, 0.1) is 11.4 Å². The van der Waals surface area contributed by atoms with Crippen LogP contribution in [0.4, 0.5) is 0 Å². The van der Waals surface area contributed by atoms with Crippen molar-refractivity contribution in [2.75, 3.05) is 6.26 Å². The lowest BCUT2D eigenvalue weighted by Crippen LogP contribution is -2.29. The van der Waals surface area contributed by atoms with Gasteiger partial charge < -0.3 is 5.11 Å². The fraction of sp³-hybridized carbons (Fsp3) is 1.00. The smallest absolute Gasteiger partial charge is 0.152 e. The van der Waals surface area contributed by atoms with Crippen LogP contribution in [0.1, 0.15) is 20.3 Å². The van der Waals surface area contributed by atoms with E-state index in [9.17, 15) is 8.42 Å². The van der Waals surface area contributed by atoms with Gasteiger partial charge in [0.2, 0.25) is 0 Å². The molecule has 0 aromatic rings. The van der Waals surface area contributed by atoms with Crippen molar-refractivity contribution in [3.05, 3.63) is 0 Å². The molecular weight excluding hydrogens is 152 g/mol. The molecule has 0 bridgehead atoms. The zero-order valence-electron chi connectivity index (χ0n) is 6.53. The predicted molar refractivity (Wildman–Crippen MR) is 40.6 cm³/mol. The number of sulfone groups is 1. The Morgan fingerprint density at radius 3 is 2.00 bits per heavy atom.